The van der Waals surface area contributed by atoms with Gasteiger partial charge in [-0.3, -0.25) is 18.6 Å². The first-order valence-corrected chi connectivity index (χ1v) is 35.4. The van der Waals surface area contributed by atoms with E-state index in [1.807, 2.05) is 0 Å². The number of phosphoric ester groups is 1. The Morgan fingerprint density at radius 2 is 0.584 bits per heavy atom. The highest BCUT2D eigenvalue weighted by Crippen LogP contribution is 2.43. The molecule has 0 aromatic rings. The minimum atomic E-state index is -4.43. The van der Waals surface area contributed by atoms with Crippen LogP contribution in [0.4, 0.5) is 0 Å². The summed E-state index contributed by atoms with van der Waals surface area (Å²) in [6.45, 7) is 3.41. The zero-order chi connectivity index (χ0) is 64.4. The van der Waals surface area contributed by atoms with Crippen LogP contribution >= 0.6 is 7.82 Å². The molecule has 0 heterocycles. The predicted octanol–water partition coefficient (Wildman–Crippen LogP) is 22.6. The summed E-state index contributed by atoms with van der Waals surface area (Å²) in [6.07, 6.45) is 113. The van der Waals surface area contributed by atoms with E-state index in [1.165, 1.54) is 19.3 Å². The lowest BCUT2D eigenvalue weighted by Gasteiger charge is -2.19. The molecule has 2 atom stereocenters. The largest absolute Gasteiger partial charge is 0.472 e. The van der Waals surface area contributed by atoms with E-state index in [9.17, 15) is 19.0 Å². The number of ether oxygens (including phenoxy) is 2. The minimum absolute atomic E-state index is 0.0309. The number of hydrogen-bond donors (Lipinski definition) is 2. The van der Waals surface area contributed by atoms with Crippen molar-refractivity contribution in [3.63, 3.8) is 0 Å². The molecular formula is C79H120NO8P. The smallest absolute Gasteiger partial charge is 0.462 e. The molecule has 10 heteroatoms. The molecule has 0 radical (unpaired) electrons. The van der Waals surface area contributed by atoms with Gasteiger partial charge in [0.25, 0.3) is 0 Å². The topological polar surface area (TPSA) is 134 Å². The summed E-state index contributed by atoms with van der Waals surface area (Å²) in [5, 5.41) is 0. The van der Waals surface area contributed by atoms with Crippen molar-refractivity contribution in [1.82, 2.24) is 0 Å². The zero-order valence-electron chi connectivity index (χ0n) is 55.3. The second kappa shape index (κ2) is 71.1. The van der Waals surface area contributed by atoms with E-state index < -0.39 is 32.5 Å². The van der Waals surface area contributed by atoms with Crippen molar-refractivity contribution < 1.29 is 37.6 Å². The number of nitrogens with two attached hydrogens (primary N) is 1. The Morgan fingerprint density at radius 1 is 0.337 bits per heavy atom. The van der Waals surface area contributed by atoms with Gasteiger partial charge in [-0.2, -0.15) is 0 Å². The highest BCUT2D eigenvalue weighted by Gasteiger charge is 2.26. The van der Waals surface area contributed by atoms with Crippen LogP contribution in [-0.4, -0.2) is 49.3 Å². The number of rotatable bonds is 60. The van der Waals surface area contributed by atoms with Crippen LogP contribution in [0.1, 0.15) is 219 Å². The van der Waals surface area contributed by atoms with Gasteiger partial charge in [-0.1, -0.05) is 277 Å². The van der Waals surface area contributed by atoms with E-state index in [0.29, 0.717) is 12.8 Å². The number of hydrogen-bond acceptors (Lipinski definition) is 8. The van der Waals surface area contributed by atoms with Gasteiger partial charge in [0.15, 0.2) is 6.10 Å². The fourth-order valence-corrected chi connectivity index (χ4v) is 8.89. The summed E-state index contributed by atoms with van der Waals surface area (Å²) in [5.41, 5.74) is 5.39. The first-order chi connectivity index (χ1) is 43.8. The summed E-state index contributed by atoms with van der Waals surface area (Å²) in [5.74, 6) is -0.913. The number of carbonyl (C=O) groups excluding carboxylic acids is 2. The van der Waals surface area contributed by atoms with Crippen molar-refractivity contribution in [2.45, 2.75) is 225 Å². The maximum absolute atomic E-state index is 12.7. The van der Waals surface area contributed by atoms with Crippen molar-refractivity contribution in [1.29, 1.82) is 0 Å². The lowest BCUT2D eigenvalue weighted by atomic mass is 10.1. The van der Waals surface area contributed by atoms with Gasteiger partial charge < -0.3 is 20.1 Å². The highest BCUT2D eigenvalue weighted by atomic mass is 31.2. The monoisotopic (exact) mass is 1240 g/mol. The van der Waals surface area contributed by atoms with Gasteiger partial charge in [-0.15, -0.1) is 0 Å². The third kappa shape index (κ3) is 71.0. The van der Waals surface area contributed by atoms with Crippen LogP contribution in [0, 0.1) is 0 Å². The average molecular weight is 1240 g/mol. The maximum Gasteiger partial charge on any atom is 0.472 e. The van der Waals surface area contributed by atoms with Crippen molar-refractivity contribution in [2.75, 3.05) is 26.4 Å². The average Bonchev–Trinajstić information content (AvgIpc) is 3.58. The standard InChI is InChI=1S/C79H120NO8P/c1-3-5-7-9-11-13-15-17-19-21-23-25-27-29-31-33-35-37-38-40-41-43-45-47-49-51-53-55-57-59-61-63-65-67-69-71-78(81)85-75-77(76-87-89(83,84)86-74-73-80)88-79(82)72-70-68-66-64-62-60-58-56-54-52-50-48-46-44-42-39-36-34-32-30-28-26-24-22-20-18-16-14-12-10-8-6-4-2/h5-8,11-14,17-20,23-26,29-32,35-37,39-41,44-47,50-53,56,58,62,64,77H,3-4,9-10,15-16,21-22,27-28,33-34,38,42-43,48-49,54-55,57,59-61,63,65-76,80H2,1-2H3,(H,83,84)/b7-5-,8-6-,13-11-,14-12-,19-17-,20-18-,25-23-,26-24-,31-29-,32-30-,37-35-,39-36-,41-40-,46-44-,47-45-,52-50-,53-51-,58-56-,64-62-. The van der Waals surface area contributed by atoms with Crippen LogP contribution in [0.2, 0.25) is 0 Å². The number of allylic oxidation sites excluding steroid dienone is 38. The molecule has 0 spiro atoms. The Morgan fingerprint density at radius 3 is 0.888 bits per heavy atom. The van der Waals surface area contributed by atoms with E-state index in [2.05, 4.69) is 245 Å². The van der Waals surface area contributed by atoms with Crippen molar-refractivity contribution in [3.8, 4) is 0 Å². The van der Waals surface area contributed by atoms with Gasteiger partial charge in [-0.25, -0.2) is 4.57 Å². The Kier molecular flexibility index (Phi) is 66.4. The van der Waals surface area contributed by atoms with Crippen LogP contribution in [-0.2, 0) is 32.7 Å². The fourth-order valence-electron chi connectivity index (χ4n) is 8.12. The van der Waals surface area contributed by atoms with Gasteiger partial charge in [-0.05, 0) is 161 Å². The van der Waals surface area contributed by atoms with E-state index in [4.69, 9.17) is 24.3 Å². The van der Waals surface area contributed by atoms with Gasteiger partial charge in [0.1, 0.15) is 6.61 Å². The molecule has 0 saturated carbocycles. The molecule has 0 aliphatic rings. The second-order valence-corrected chi connectivity index (χ2v) is 22.7. The summed E-state index contributed by atoms with van der Waals surface area (Å²) in [7, 11) is -4.43. The number of unbranched alkanes of at least 4 members (excludes halogenated alkanes) is 9. The van der Waals surface area contributed by atoms with Gasteiger partial charge >= 0.3 is 19.8 Å². The van der Waals surface area contributed by atoms with Crippen molar-refractivity contribution in [3.05, 3.63) is 231 Å². The number of carbonyl (C=O) groups is 2. The van der Waals surface area contributed by atoms with Crippen molar-refractivity contribution >= 4 is 19.8 Å². The Bertz CT molecular complexity index is 2310. The summed E-state index contributed by atoms with van der Waals surface area (Å²) in [4.78, 5) is 35.3. The normalized spacial score (nSPS) is 14.4. The third-order valence-electron chi connectivity index (χ3n) is 13.0. The van der Waals surface area contributed by atoms with Crippen molar-refractivity contribution in [2.24, 2.45) is 5.73 Å². The lowest BCUT2D eigenvalue weighted by Crippen LogP contribution is -2.29. The molecule has 0 saturated heterocycles. The van der Waals surface area contributed by atoms with Crippen LogP contribution < -0.4 is 5.73 Å². The molecule has 494 valence electrons. The second-order valence-electron chi connectivity index (χ2n) is 21.2. The third-order valence-corrected chi connectivity index (χ3v) is 14.0. The van der Waals surface area contributed by atoms with E-state index in [-0.39, 0.29) is 32.6 Å². The van der Waals surface area contributed by atoms with Gasteiger partial charge in [0, 0.05) is 19.4 Å². The molecule has 0 rings (SSSR count). The first-order valence-electron chi connectivity index (χ1n) is 33.9. The molecule has 9 nitrogen and oxygen atoms in total. The van der Waals surface area contributed by atoms with Crippen LogP contribution in [0.15, 0.2) is 231 Å². The molecule has 0 aliphatic heterocycles. The highest BCUT2D eigenvalue weighted by molar-refractivity contribution is 7.47. The van der Waals surface area contributed by atoms with Crippen LogP contribution in [0.5, 0.6) is 0 Å². The quantitative estimate of drug-likeness (QED) is 0.0264. The van der Waals surface area contributed by atoms with Gasteiger partial charge in [0.05, 0.1) is 13.2 Å². The number of phosphoric acid groups is 1. The van der Waals surface area contributed by atoms with E-state index >= 15 is 0 Å². The molecule has 3 N–H and O–H groups in total. The molecule has 0 aliphatic carbocycles. The summed E-state index contributed by atoms with van der Waals surface area (Å²) >= 11 is 0. The van der Waals surface area contributed by atoms with Gasteiger partial charge in [0.2, 0.25) is 0 Å². The molecule has 0 bridgehead atoms. The summed E-state index contributed by atoms with van der Waals surface area (Å²) in [6, 6.07) is 0. The molecule has 0 amide bonds. The molecular weight excluding hydrogens is 1120 g/mol. The molecule has 0 aromatic heterocycles. The summed E-state index contributed by atoms with van der Waals surface area (Å²) < 4.78 is 33.1. The van der Waals surface area contributed by atoms with E-state index in [1.54, 1.807) is 0 Å². The lowest BCUT2D eigenvalue weighted by molar-refractivity contribution is -0.161. The molecule has 89 heavy (non-hydrogen) atoms. The van der Waals surface area contributed by atoms with Crippen LogP contribution in [0.3, 0.4) is 0 Å². The number of esters is 2. The Hall–Kier alpha value is -5.93. The molecule has 0 aromatic carbocycles. The molecule has 0 fully saturated rings. The molecule has 2 unspecified atom stereocenters. The fraction of sp³-hybridized carbons (Fsp3) is 0.494. The Balaban J connectivity index is 4.13. The maximum atomic E-state index is 12.7. The predicted molar refractivity (Wildman–Crippen MR) is 384 cm³/mol. The minimum Gasteiger partial charge on any atom is -0.462 e. The SMILES string of the molecule is CC/C=C\C/C=C\C/C=C\C/C=C\C/C=C\C/C=C\C/C=C\C/C=C\C/C=C\C/C=C\CCCCC(=O)OC(COC(=O)CCCCCCCCC/C=C\C/C=C\C/C=C\C/C=C\C/C=C\C/C=C\C/C=C\C/C=C\C/C=C\CC)COP(=O)(O)OCCN. The van der Waals surface area contributed by atoms with Crippen LogP contribution in [0.25, 0.3) is 0 Å². The Labute approximate surface area is 543 Å². The zero-order valence-corrected chi connectivity index (χ0v) is 56.2. The van der Waals surface area contributed by atoms with E-state index in [0.717, 1.165) is 161 Å². The first kappa shape index (κ1) is 83.1.